The highest BCUT2D eigenvalue weighted by Crippen LogP contribution is 2.18. The number of hydrogen-bond acceptors (Lipinski definition) is 3. The van der Waals surface area contributed by atoms with E-state index in [4.69, 9.17) is 0 Å². The molecule has 1 N–H and O–H groups in total. The van der Waals surface area contributed by atoms with Crippen molar-refractivity contribution in [2.24, 2.45) is 0 Å². The summed E-state index contributed by atoms with van der Waals surface area (Å²) in [6.07, 6.45) is 3.28. The van der Waals surface area contributed by atoms with Gasteiger partial charge in [-0.3, -0.25) is 0 Å². The third-order valence-corrected chi connectivity index (χ3v) is 2.99. The minimum Gasteiger partial charge on any atom is -0.388 e. The molecular formula is C14H16N2O. The summed E-state index contributed by atoms with van der Waals surface area (Å²) in [7, 11) is 0. The summed E-state index contributed by atoms with van der Waals surface area (Å²) >= 11 is 0. The fraction of sp³-hybridized carbons (Fsp3) is 0.286. The molecule has 0 bridgehead atoms. The summed E-state index contributed by atoms with van der Waals surface area (Å²) in [6, 6.07) is 8.05. The lowest BCUT2D eigenvalue weighted by atomic mass is 9.99. The number of aryl methyl sites for hydroxylation is 2. The quantitative estimate of drug-likeness (QED) is 0.877. The molecule has 88 valence electrons. The molecule has 1 unspecified atom stereocenters. The fourth-order valence-electron chi connectivity index (χ4n) is 1.77. The van der Waals surface area contributed by atoms with Crippen LogP contribution in [0.3, 0.4) is 0 Å². The third kappa shape index (κ3) is 2.88. The Morgan fingerprint density at radius 1 is 1.12 bits per heavy atom. The smallest absolute Gasteiger partial charge is 0.0846 e. The second kappa shape index (κ2) is 5.06. The van der Waals surface area contributed by atoms with E-state index in [-0.39, 0.29) is 0 Å². The molecule has 0 saturated carbocycles. The highest BCUT2D eigenvalue weighted by atomic mass is 16.3. The van der Waals surface area contributed by atoms with E-state index in [0.717, 1.165) is 11.1 Å². The summed E-state index contributed by atoms with van der Waals surface area (Å²) in [5.74, 6) is 0. The summed E-state index contributed by atoms with van der Waals surface area (Å²) in [6.45, 7) is 4.17. The summed E-state index contributed by atoms with van der Waals surface area (Å²) in [4.78, 5) is 0. The molecule has 0 amide bonds. The fourth-order valence-corrected chi connectivity index (χ4v) is 1.77. The van der Waals surface area contributed by atoms with Crippen LogP contribution in [-0.4, -0.2) is 15.3 Å². The van der Waals surface area contributed by atoms with E-state index in [1.54, 1.807) is 18.5 Å². The van der Waals surface area contributed by atoms with E-state index in [9.17, 15) is 5.11 Å². The number of aromatic nitrogens is 2. The van der Waals surface area contributed by atoms with Crippen molar-refractivity contribution < 1.29 is 5.11 Å². The highest BCUT2D eigenvalue weighted by molar-refractivity contribution is 5.30. The van der Waals surface area contributed by atoms with Crippen LogP contribution in [0.5, 0.6) is 0 Å². The van der Waals surface area contributed by atoms with Crippen LogP contribution in [0.4, 0.5) is 0 Å². The summed E-state index contributed by atoms with van der Waals surface area (Å²) in [5.41, 5.74) is 4.46. The zero-order chi connectivity index (χ0) is 12.3. The van der Waals surface area contributed by atoms with Crippen LogP contribution < -0.4 is 0 Å². The van der Waals surface area contributed by atoms with Gasteiger partial charge in [0, 0.05) is 18.2 Å². The second-order valence-corrected chi connectivity index (χ2v) is 4.31. The minimum atomic E-state index is -0.521. The van der Waals surface area contributed by atoms with Gasteiger partial charge in [0.15, 0.2) is 0 Å². The number of hydrogen-bond donors (Lipinski definition) is 1. The van der Waals surface area contributed by atoms with Gasteiger partial charge in [0.2, 0.25) is 0 Å². The lowest BCUT2D eigenvalue weighted by Gasteiger charge is -2.11. The van der Waals surface area contributed by atoms with E-state index in [0.29, 0.717) is 6.42 Å². The van der Waals surface area contributed by atoms with Crippen molar-refractivity contribution in [2.75, 3.05) is 0 Å². The first kappa shape index (κ1) is 11.7. The maximum atomic E-state index is 10.1. The maximum absolute atomic E-state index is 10.1. The highest BCUT2D eigenvalue weighted by Gasteiger charge is 2.09. The van der Waals surface area contributed by atoms with Crippen LogP contribution in [0.15, 0.2) is 36.7 Å². The van der Waals surface area contributed by atoms with Gasteiger partial charge in [0.1, 0.15) is 0 Å². The summed E-state index contributed by atoms with van der Waals surface area (Å²) in [5, 5.41) is 17.5. The van der Waals surface area contributed by atoms with Gasteiger partial charge in [0.05, 0.1) is 12.3 Å². The number of rotatable bonds is 3. The van der Waals surface area contributed by atoms with Gasteiger partial charge in [-0.15, -0.1) is 0 Å². The van der Waals surface area contributed by atoms with E-state index in [1.165, 1.54) is 11.1 Å². The third-order valence-electron chi connectivity index (χ3n) is 2.99. The van der Waals surface area contributed by atoms with Crippen molar-refractivity contribution in [1.29, 1.82) is 0 Å². The van der Waals surface area contributed by atoms with Gasteiger partial charge in [-0.2, -0.15) is 10.2 Å². The van der Waals surface area contributed by atoms with Gasteiger partial charge >= 0.3 is 0 Å². The molecule has 2 aromatic rings. The van der Waals surface area contributed by atoms with Crippen LogP contribution in [0.25, 0.3) is 0 Å². The van der Waals surface area contributed by atoms with Crippen LogP contribution in [-0.2, 0) is 6.42 Å². The Bertz CT molecular complexity index is 497. The van der Waals surface area contributed by atoms with E-state index in [1.807, 2.05) is 0 Å². The molecule has 1 heterocycles. The average Bonchev–Trinajstić information content (AvgIpc) is 2.35. The standard InChI is InChI=1S/C14H16N2O/c1-10-3-4-12(7-11(10)2)8-14(17)13-5-6-15-16-9-13/h3-7,9,14,17H,8H2,1-2H3. The van der Waals surface area contributed by atoms with Crippen LogP contribution >= 0.6 is 0 Å². The second-order valence-electron chi connectivity index (χ2n) is 4.31. The zero-order valence-corrected chi connectivity index (χ0v) is 10.1. The molecule has 0 aliphatic rings. The minimum absolute atomic E-state index is 0.521. The molecule has 1 aromatic carbocycles. The van der Waals surface area contributed by atoms with E-state index < -0.39 is 6.10 Å². The molecule has 3 heteroatoms. The SMILES string of the molecule is Cc1ccc(CC(O)c2ccnnc2)cc1C. The predicted molar refractivity (Wildman–Crippen MR) is 66.6 cm³/mol. The molecule has 2 rings (SSSR count). The lowest BCUT2D eigenvalue weighted by Crippen LogP contribution is -2.03. The normalized spacial score (nSPS) is 12.4. The van der Waals surface area contributed by atoms with Crippen LogP contribution in [0.1, 0.15) is 28.4 Å². The van der Waals surface area contributed by atoms with E-state index in [2.05, 4.69) is 42.2 Å². The molecule has 1 atom stereocenters. The number of aliphatic hydroxyl groups is 1. The van der Waals surface area contributed by atoms with Crippen LogP contribution in [0.2, 0.25) is 0 Å². The number of nitrogens with zero attached hydrogens (tertiary/aromatic N) is 2. The van der Waals surface area contributed by atoms with E-state index >= 15 is 0 Å². The monoisotopic (exact) mass is 228 g/mol. The largest absolute Gasteiger partial charge is 0.388 e. The maximum Gasteiger partial charge on any atom is 0.0846 e. The molecule has 0 aliphatic heterocycles. The first-order valence-electron chi connectivity index (χ1n) is 5.67. The van der Waals surface area contributed by atoms with Crippen LogP contribution in [0, 0.1) is 13.8 Å². The topological polar surface area (TPSA) is 46.0 Å². The molecular weight excluding hydrogens is 212 g/mol. The Labute approximate surface area is 101 Å². The van der Waals surface area contributed by atoms with Crippen molar-refractivity contribution in [3.63, 3.8) is 0 Å². The van der Waals surface area contributed by atoms with Gasteiger partial charge in [-0.25, -0.2) is 0 Å². The van der Waals surface area contributed by atoms with Gasteiger partial charge in [0.25, 0.3) is 0 Å². The zero-order valence-electron chi connectivity index (χ0n) is 10.1. The van der Waals surface area contributed by atoms with Gasteiger partial charge < -0.3 is 5.11 Å². The molecule has 0 radical (unpaired) electrons. The van der Waals surface area contributed by atoms with Crippen molar-refractivity contribution in [3.8, 4) is 0 Å². The Balaban J connectivity index is 2.13. The van der Waals surface area contributed by atoms with Crippen molar-refractivity contribution in [3.05, 3.63) is 58.9 Å². The molecule has 0 fully saturated rings. The molecule has 0 saturated heterocycles. The van der Waals surface area contributed by atoms with Gasteiger partial charge in [-0.1, -0.05) is 18.2 Å². The molecule has 0 aliphatic carbocycles. The Morgan fingerprint density at radius 2 is 1.94 bits per heavy atom. The average molecular weight is 228 g/mol. The van der Waals surface area contributed by atoms with Gasteiger partial charge in [-0.05, 0) is 36.6 Å². The number of benzene rings is 1. The molecule has 17 heavy (non-hydrogen) atoms. The molecule has 1 aromatic heterocycles. The first-order valence-corrected chi connectivity index (χ1v) is 5.67. The predicted octanol–water partition coefficient (Wildman–Crippen LogP) is 2.37. The van der Waals surface area contributed by atoms with Crippen molar-refractivity contribution in [2.45, 2.75) is 26.4 Å². The Kier molecular flexibility index (Phi) is 3.49. The summed E-state index contributed by atoms with van der Waals surface area (Å²) < 4.78 is 0. The first-order chi connectivity index (χ1) is 8.16. The van der Waals surface area contributed by atoms with Crippen molar-refractivity contribution >= 4 is 0 Å². The Hall–Kier alpha value is -1.74. The lowest BCUT2D eigenvalue weighted by molar-refractivity contribution is 0.178. The Morgan fingerprint density at radius 3 is 2.59 bits per heavy atom. The number of aliphatic hydroxyl groups excluding tert-OH is 1. The molecule has 0 spiro atoms. The molecule has 3 nitrogen and oxygen atoms in total. The van der Waals surface area contributed by atoms with Crippen molar-refractivity contribution in [1.82, 2.24) is 10.2 Å².